The second-order valence-corrected chi connectivity index (χ2v) is 5.49. The Morgan fingerprint density at radius 3 is 2.62 bits per heavy atom. The molecule has 0 aromatic heterocycles. The quantitative estimate of drug-likeness (QED) is 0.867. The molecular weight excluding hydrogens is 268 g/mol. The lowest BCUT2D eigenvalue weighted by atomic mass is 10.1. The van der Waals surface area contributed by atoms with Crippen LogP contribution in [0.5, 0.6) is 11.5 Å². The summed E-state index contributed by atoms with van der Waals surface area (Å²) in [5, 5.41) is 0. The summed E-state index contributed by atoms with van der Waals surface area (Å²) in [5.74, 6) is 1.00. The highest BCUT2D eigenvalue weighted by molar-refractivity contribution is 6.01. The molecule has 0 aliphatic carbocycles. The molecule has 1 aliphatic rings. The summed E-state index contributed by atoms with van der Waals surface area (Å²) in [4.78, 5) is 14.9. The Kier molecular flexibility index (Phi) is 4.60. The Balaban J connectivity index is 2.42. The van der Waals surface area contributed by atoms with Crippen LogP contribution in [-0.4, -0.2) is 37.1 Å². The fourth-order valence-corrected chi connectivity index (χ4v) is 3.04. The van der Waals surface area contributed by atoms with Gasteiger partial charge in [-0.1, -0.05) is 6.92 Å². The summed E-state index contributed by atoms with van der Waals surface area (Å²) in [7, 11) is 3.10. The predicted molar refractivity (Wildman–Crippen MR) is 82.9 cm³/mol. The Hall–Kier alpha value is -1.91. The molecule has 1 fully saturated rings. The fraction of sp³-hybridized carbons (Fsp3) is 0.562. The first-order valence-corrected chi connectivity index (χ1v) is 7.37. The Labute approximate surface area is 126 Å². The number of nitrogens with zero attached hydrogens (tertiary/aromatic N) is 1. The van der Waals surface area contributed by atoms with Gasteiger partial charge in [0.2, 0.25) is 0 Å². The first-order chi connectivity index (χ1) is 10.0. The molecule has 1 heterocycles. The summed E-state index contributed by atoms with van der Waals surface area (Å²) in [6, 6.07) is 3.90. The molecule has 5 nitrogen and oxygen atoms in total. The number of rotatable bonds is 4. The van der Waals surface area contributed by atoms with Gasteiger partial charge < -0.3 is 20.1 Å². The Morgan fingerprint density at radius 2 is 2.05 bits per heavy atom. The molecule has 2 rings (SSSR count). The van der Waals surface area contributed by atoms with E-state index in [1.807, 2.05) is 4.90 Å². The van der Waals surface area contributed by atoms with Gasteiger partial charge in [0.05, 0.1) is 25.5 Å². The number of nitrogens with two attached hydrogens (primary N) is 1. The second-order valence-electron chi connectivity index (χ2n) is 5.49. The van der Waals surface area contributed by atoms with Gasteiger partial charge in [-0.2, -0.15) is 0 Å². The van der Waals surface area contributed by atoms with E-state index in [9.17, 15) is 4.79 Å². The van der Waals surface area contributed by atoms with Crippen LogP contribution in [0.4, 0.5) is 5.69 Å². The van der Waals surface area contributed by atoms with E-state index in [2.05, 4.69) is 13.8 Å². The summed E-state index contributed by atoms with van der Waals surface area (Å²) in [5.41, 5.74) is 6.92. The normalized spacial score (nSPS) is 21.4. The average Bonchev–Trinajstić information content (AvgIpc) is 2.87. The molecular formula is C16H24N2O3. The van der Waals surface area contributed by atoms with E-state index < -0.39 is 0 Å². The molecule has 2 unspecified atom stereocenters. The van der Waals surface area contributed by atoms with Crippen molar-refractivity contribution < 1.29 is 14.3 Å². The van der Waals surface area contributed by atoms with Gasteiger partial charge in [-0.15, -0.1) is 0 Å². The molecule has 0 spiro atoms. The zero-order valence-corrected chi connectivity index (χ0v) is 13.2. The molecule has 2 atom stereocenters. The summed E-state index contributed by atoms with van der Waals surface area (Å²) >= 11 is 0. The van der Waals surface area contributed by atoms with Gasteiger partial charge in [0, 0.05) is 18.2 Å². The van der Waals surface area contributed by atoms with E-state index in [-0.39, 0.29) is 18.0 Å². The van der Waals surface area contributed by atoms with Crippen molar-refractivity contribution in [3.63, 3.8) is 0 Å². The number of likely N-dealkylation sites (tertiary alicyclic amines) is 1. The molecule has 1 aromatic carbocycles. The van der Waals surface area contributed by atoms with Gasteiger partial charge >= 0.3 is 0 Å². The third-order valence-corrected chi connectivity index (χ3v) is 4.29. The van der Waals surface area contributed by atoms with E-state index in [0.29, 0.717) is 22.7 Å². The number of benzene rings is 1. The second kappa shape index (κ2) is 6.24. The zero-order chi connectivity index (χ0) is 15.6. The number of carbonyl (C=O) groups excluding carboxylic acids is 1. The van der Waals surface area contributed by atoms with E-state index in [4.69, 9.17) is 15.2 Å². The molecule has 0 saturated carbocycles. The van der Waals surface area contributed by atoms with Crippen LogP contribution in [0.1, 0.15) is 43.5 Å². The summed E-state index contributed by atoms with van der Waals surface area (Å²) in [6.07, 6.45) is 3.03. The smallest absolute Gasteiger partial charge is 0.256 e. The Morgan fingerprint density at radius 1 is 1.33 bits per heavy atom. The number of carbonyl (C=O) groups is 1. The van der Waals surface area contributed by atoms with Gasteiger partial charge in [-0.25, -0.2) is 0 Å². The molecule has 116 valence electrons. The van der Waals surface area contributed by atoms with Crippen LogP contribution in [0.15, 0.2) is 12.1 Å². The highest BCUT2D eigenvalue weighted by atomic mass is 16.5. The van der Waals surface area contributed by atoms with E-state index >= 15 is 0 Å². The van der Waals surface area contributed by atoms with Gasteiger partial charge in [0.15, 0.2) is 0 Å². The minimum Gasteiger partial charge on any atom is -0.497 e. The van der Waals surface area contributed by atoms with Crippen molar-refractivity contribution in [1.29, 1.82) is 0 Å². The van der Waals surface area contributed by atoms with Crippen LogP contribution in [0.3, 0.4) is 0 Å². The fourth-order valence-electron chi connectivity index (χ4n) is 3.04. The van der Waals surface area contributed by atoms with E-state index in [0.717, 1.165) is 19.3 Å². The lowest BCUT2D eigenvalue weighted by Gasteiger charge is -2.29. The maximum Gasteiger partial charge on any atom is 0.256 e. The Bertz CT molecular complexity index is 530. The number of hydrogen-bond donors (Lipinski definition) is 1. The molecule has 0 bridgehead atoms. The molecule has 0 radical (unpaired) electrons. The van der Waals surface area contributed by atoms with Crippen molar-refractivity contribution in [2.45, 2.75) is 45.2 Å². The van der Waals surface area contributed by atoms with Crippen LogP contribution in [0, 0.1) is 0 Å². The largest absolute Gasteiger partial charge is 0.497 e. The SMILES string of the molecule is CCC1CCC(C)N1C(=O)c1cc(OC)cc(OC)c1N. The van der Waals surface area contributed by atoms with Crippen LogP contribution in [-0.2, 0) is 0 Å². The van der Waals surface area contributed by atoms with Crippen molar-refractivity contribution in [2.24, 2.45) is 0 Å². The monoisotopic (exact) mass is 292 g/mol. The molecule has 1 amide bonds. The van der Waals surface area contributed by atoms with Crippen molar-refractivity contribution >= 4 is 11.6 Å². The number of ether oxygens (including phenoxy) is 2. The lowest BCUT2D eigenvalue weighted by Crippen LogP contribution is -2.40. The highest BCUT2D eigenvalue weighted by Gasteiger charge is 2.34. The van der Waals surface area contributed by atoms with Crippen LogP contribution in [0.25, 0.3) is 0 Å². The molecule has 5 heteroatoms. The molecule has 1 aliphatic heterocycles. The van der Waals surface area contributed by atoms with Crippen LogP contribution < -0.4 is 15.2 Å². The number of hydrogen-bond acceptors (Lipinski definition) is 4. The van der Waals surface area contributed by atoms with Gasteiger partial charge in [-0.3, -0.25) is 4.79 Å². The van der Waals surface area contributed by atoms with Crippen LogP contribution >= 0.6 is 0 Å². The van der Waals surface area contributed by atoms with E-state index in [1.165, 1.54) is 7.11 Å². The highest BCUT2D eigenvalue weighted by Crippen LogP contribution is 2.35. The van der Waals surface area contributed by atoms with Gasteiger partial charge in [0.25, 0.3) is 5.91 Å². The van der Waals surface area contributed by atoms with Crippen molar-refractivity contribution in [3.8, 4) is 11.5 Å². The topological polar surface area (TPSA) is 64.8 Å². The number of nitrogen functional groups attached to an aromatic ring is 1. The molecule has 1 saturated heterocycles. The average molecular weight is 292 g/mol. The van der Waals surface area contributed by atoms with E-state index in [1.54, 1.807) is 19.2 Å². The van der Waals surface area contributed by atoms with Crippen LogP contribution in [0.2, 0.25) is 0 Å². The predicted octanol–water partition coefficient (Wildman–Crippen LogP) is 2.69. The minimum atomic E-state index is -0.0402. The summed E-state index contributed by atoms with van der Waals surface area (Å²) < 4.78 is 10.5. The standard InChI is InChI=1S/C16H24N2O3/c1-5-11-7-6-10(2)18(11)16(19)13-8-12(20-3)9-14(21-4)15(13)17/h8-11H,5-7,17H2,1-4H3. The maximum atomic E-state index is 12.9. The third kappa shape index (κ3) is 2.77. The summed E-state index contributed by atoms with van der Waals surface area (Å²) in [6.45, 7) is 4.19. The number of anilines is 1. The lowest BCUT2D eigenvalue weighted by molar-refractivity contribution is 0.0677. The number of methoxy groups -OCH3 is 2. The maximum absolute atomic E-state index is 12.9. The number of amides is 1. The van der Waals surface area contributed by atoms with Gasteiger partial charge in [-0.05, 0) is 32.3 Å². The minimum absolute atomic E-state index is 0.0402. The first-order valence-electron chi connectivity index (χ1n) is 7.37. The molecule has 21 heavy (non-hydrogen) atoms. The van der Waals surface area contributed by atoms with Crippen molar-refractivity contribution in [2.75, 3.05) is 20.0 Å². The van der Waals surface area contributed by atoms with Crippen molar-refractivity contribution in [3.05, 3.63) is 17.7 Å². The third-order valence-electron chi connectivity index (χ3n) is 4.29. The molecule has 1 aromatic rings. The van der Waals surface area contributed by atoms with Gasteiger partial charge in [0.1, 0.15) is 11.5 Å². The first kappa shape index (κ1) is 15.5. The molecule has 2 N–H and O–H groups in total. The zero-order valence-electron chi connectivity index (χ0n) is 13.2. The van der Waals surface area contributed by atoms with Crippen molar-refractivity contribution in [1.82, 2.24) is 4.90 Å².